The van der Waals surface area contributed by atoms with Crippen LogP contribution in [0.25, 0.3) is 0 Å². The summed E-state index contributed by atoms with van der Waals surface area (Å²) in [5.74, 6) is 0. The summed E-state index contributed by atoms with van der Waals surface area (Å²) in [4.78, 5) is 0. The Hall–Kier alpha value is -0.210. The first-order chi connectivity index (χ1) is 8.66. The van der Waals surface area contributed by atoms with E-state index in [4.69, 9.17) is 4.74 Å². The van der Waals surface area contributed by atoms with Crippen molar-refractivity contribution in [1.29, 1.82) is 0 Å². The van der Waals surface area contributed by atoms with Crippen molar-refractivity contribution in [2.75, 3.05) is 26.2 Å². The summed E-state index contributed by atoms with van der Waals surface area (Å²) in [6.07, 6.45) is 5.08. The van der Waals surface area contributed by atoms with Crippen LogP contribution < -0.4 is 14.8 Å². The molecule has 3 N–H and O–H groups in total. The fourth-order valence-electron chi connectivity index (χ4n) is 1.95. The molecule has 2 fully saturated rings. The molecule has 1 heterocycles. The Bertz CT molecular complexity index is 337. The second kappa shape index (κ2) is 6.81. The lowest BCUT2D eigenvalue weighted by atomic mass is 10.1. The van der Waals surface area contributed by atoms with Gasteiger partial charge in [0.25, 0.3) is 10.2 Å². The van der Waals surface area contributed by atoms with Crippen LogP contribution in [0, 0.1) is 0 Å². The summed E-state index contributed by atoms with van der Waals surface area (Å²) < 4.78 is 33.8. The second-order valence-electron chi connectivity index (χ2n) is 4.96. The van der Waals surface area contributed by atoms with Gasteiger partial charge in [0, 0.05) is 19.2 Å². The number of hydrogen-bond donors (Lipinski definition) is 3. The van der Waals surface area contributed by atoms with Crippen LogP contribution in [0.2, 0.25) is 0 Å². The quantitative estimate of drug-likeness (QED) is 0.534. The van der Waals surface area contributed by atoms with Crippen LogP contribution in [0.3, 0.4) is 0 Å². The fourth-order valence-corrected chi connectivity index (χ4v) is 3.12. The Kier molecular flexibility index (Phi) is 5.38. The highest BCUT2D eigenvalue weighted by Gasteiger charge is 2.26. The molecule has 0 aromatic carbocycles. The van der Waals surface area contributed by atoms with E-state index < -0.39 is 10.2 Å². The Morgan fingerprint density at radius 1 is 1.17 bits per heavy atom. The topological polar surface area (TPSA) is 79.5 Å². The van der Waals surface area contributed by atoms with E-state index in [0.29, 0.717) is 19.3 Å². The molecule has 1 aliphatic carbocycles. The summed E-state index contributed by atoms with van der Waals surface area (Å²) >= 11 is 0. The smallest absolute Gasteiger partial charge is 0.277 e. The van der Waals surface area contributed by atoms with Gasteiger partial charge >= 0.3 is 0 Å². The molecule has 0 amide bonds. The van der Waals surface area contributed by atoms with Gasteiger partial charge in [0.2, 0.25) is 0 Å². The molecule has 0 atom stereocenters. The molecular formula is C11H23N3O3S. The lowest BCUT2D eigenvalue weighted by molar-refractivity contribution is 0.0322. The van der Waals surface area contributed by atoms with Crippen LogP contribution in [0.5, 0.6) is 0 Å². The minimum Gasteiger partial charge on any atom is -0.378 e. The molecule has 0 unspecified atom stereocenters. The second-order valence-corrected chi connectivity index (χ2v) is 6.49. The molecule has 0 radical (unpaired) electrons. The molecule has 0 spiro atoms. The van der Waals surface area contributed by atoms with Crippen LogP contribution >= 0.6 is 0 Å². The molecule has 1 aliphatic heterocycles. The molecule has 0 bridgehead atoms. The van der Waals surface area contributed by atoms with E-state index in [0.717, 1.165) is 45.2 Å². The molecule has 2 rings (SSSR count). The Balaban J connectivity index is 1.49. The average molecular weight is 277 g/mol. The van der Waals surface area contributed by atoms with Crippen molar-refractivity contribution in [1.82, 2.24) is 14.8 Å². The fraction of sp³-hybridized carbons (Fsp3) is 1.00. The molecular weight excluding hydrogens is 254 g/mol. The van der Waals surface area contributed by atoms with Gasteiger partial charge in [0.15, 0.2) is 0 Å². The highest BCUT2D eigenvalue weighted by Crippen LogP contribution is 2.19. The maximum absolute atomic E-state index is 11.5. The molecule has 1 saturated carbocycles. The standard InChI is InChI=1S/C11H23N3O3S/c15-18(16,14-10-2-3-10)13-6-1-9-17-11-4-7-12-8-5-11/h10-14H,1-9H2. The number of ether oxygens (including phenoxy) is 1. The van der Waals surface area contributed by atoms with Crippen LogP contribution in [0.15, 0.2) is 0 Å². The van der Waals surface area contributed by atoms with E-state index in [1.807, 2.05) is 0 Å². The third-order valence-electron chi connectivity index (χ3n) is 3.15. The van der Waals surface area contributed by atoms with Gasteiger partial charge in [-0.25, -0.2) is 4.72 Å². The van der Waals surface area contributed by atoms with Crippen LogP contribution in [-0.4, -0.2) is 46.8 Å². The van der Waals surface area contributed by atoms with E-state index in [-0.39, 0.29) is 6.04 Å². The van der Waals surface area contributed by atoms with Gasteiger partial charge in [-0.2, -0.15) is 13.1 Å². The predicted molar refractivity (Wildman–Crippen MR) is 69.5 cm³/mol. The van der Waals surface area contributed by atoms with Crippen molar-refractivity contribution >= 4 is 10.2 Å². The maximum atomic E-state index is 11.5. The Labute approximate surface area is 109 Å². The lowest BCUT2D eigenvalue weighted by Gasteiger charge is -2.22. The zero-order chi connectivity index (χ0) is 12.8. The zero-order valence-electron chi connectivity index (χ0n) is 10.7. The Morgan fingerprint density at radius 2 is 1.89 bits per heavy atom. The van der Waals surface area contributed by atoms with Gasteiger partial charge in [-0.15, -0.1) is 0 Å². The number of hydrogen-bond acceptors (Lipinski definition) is 4. The van der Waals surface area contributed by atoms with Crippen molar-refractivity contribution in [3.63, 3.8) is 0 Å². The third-order valence-corrected chi connectivity index (χ3v) is 4.38. The molecule has 106 valence electrons. The van der Waals surface area contributed by atoms with Crippen molar-refractivity contribution in [3.8, 4) is 0 Å². The van der Waals surface area contributed by atoms with Crippen molar-refractivity contribution in [2.24, 2.45) is 0 Å². The number of nitrogens with one attached hydrogen (secondary N) is 3. The molecule has 6 nitrogen and oxygen atoms in total. The van der Waals surface area contributed by atoms with Gasteiger partial charge in [-0.05, 0) is 45.2 Å². The van der Waals surface area contributed by atoms with Gasteiger partial charge in [0.1, 0.15) is 0 Å². The lowest BCUT2D eigenvalue weighted by Crippen LogP contribution is -2.38. The minimum absolute atomic E-state index is 0.161. The largest absolute Gasteiger partial charge is 0.378 e. The van der Waals surface area contributed by atoms with Gasteiger partial charge in [-0.1, -0.05) is 0 Å². The first-order valence-electron chi connectivity index (χ1n) is 6.75. The SMILES string of the molecule is O=S(=O)(NCCCOC1CCNCC1)NC1CC1. The summed E-state index contributed by atoms with van der Waals surface area (Å²) in [5.41, 5.74) is 0. The summed E-state index contributed by atoms with van der Waals surface area (Å²) in [5, 5.41) is 3.28. The van der Waals surface area contributed by atoms with Gasteiger partial charge in [0.05, 0.1) is 6.10 Å². The molecule has 7 heteroatoms. The zero-order valence-corrected chi connectivity index (χ0v) is 11.5. The molecule has 1 saturated heterocycles. The first-order valence-corrected chi connectivity index (χ1v) is 8.23. The van der Waals surface area contributed by atoms with E-state index in [9.17, 15) is 8.42 Å². The Morgan fingerprint density at radius 3 is 2.56 bits per heavy atom. The van der Waals surface area contributed by atoms with Crippen molar-refractivity contribution in [3.05, 3.63) is 0 Å². The van der Waals surface area contributed by atoms with Crippen LogP contribution in [0.4, 0.5) is 0 Å². The average Bonchev–Trinajstić information content (AvgIpc) is 3.13. The first kappa shape index (κ1) is 14.2. The van der Waals surface area contributed by atoms with Gasteiger partial charge < -0.3 is 10.1 Å². The van der Waals surface area contributed by atoms with Crippen LogP contribution in [-0.2, 0) is 14.9 Å². The number of rotatable bonds is 8. The highest BCUT2D eigenvalue weighted by molar-refractivity contribution is 7.87. The van der Waals surface area contributed by atoms with Gasteiger partial charge in [-0.3, -0.25) is 0 Å². The normalized spacial score (nSPS) is 22.2. The van der Waals surface area contributed by atoms with Crippen LogP contribution in [0.1, 0.15) is 32.1 Å². The van der Waals surface area contributed by atoms with E-state index in [1.165, 1.54) is 0 Å². The minimum atomic E-state index is -3.29. The summed E-state index contributed by atoms with van der Waals surface area (Å²) in [6, 6.07) is 0.161. The molecule has 0 aromatic heterocycles. The molecule has 2 aliphatic rings. The van der Waals surface area contributed by atoms with E-state index in [1.54, 1.807) is 0 Å². The van der Waals surface area contributed by atoms with Crippen molar-refractivity contribution < 1.29 is 13.2 Å². The number of piperidine rings is 1. The third kappa shape index (κ3) is 5.62. The van der Waals surface area contributed by atoms with E-state index in [2.05, 4.69) is 14.8 Å². The predicted octanol–water partition coefficient (Wildman–Crippen LogP) is -0.268. The molecule has 0 aromatic rings. The highest BCUT2D eigenvalue weighted by atomic mass is 32.2. The van der Waals surface area contributed by atoms with Crippen molar-refractivity contribution in [2.45, 2.75) is 44.2 Å². The summed E-state index contributed by atoms with van der Waals surface area (Å²) in [7, 11) is -3.29. The monoisotopic (exact) mass is 277 g/mol. The maximum Gasteiger partial charge on any atom is 0.277 e. The molecule has 18 heavy (non-hydrogen) atoms. The summed E-state index contributed by atoms with van der Waals surface area (Å²) in [6.45, 7) is 3.09. The van der Waals surface area contributed by atoms with E-state index >= 15 is 0 Å².